The SMILES string of the molecule is COCCOc1ncnc2nc[nH]c12. The molecule has 0 saturated heterocycles. The zero-order valence-corrected chi connectivity index (χ0v) is 7.73. The summed E-state index contributed by atoms with van der Waals surface area (Å²) in [4.78, 5) is 14.9. The van der Waals surface area contributed by atoms with Crippen LogP contribution in [0.4, 0.5) is 0 Å². The van der Waals surface area contributed by atoms with E-state index in [0.29, 0.717) is 30.3 Å². The number of H-pyrrole nitrogens is 1. The molecule has 14 heavy (non-hydrogen) atoms. The molecule has 0 aliphatic carbocycles. The number of fused-ring (bicyclic) bond motifs is 1. The van der Waals surface area contributed by atoms with E-state index in [1.807, 2.05) is 0 Å². The Kier molecular flexibility index (Phi) is 2.55. The molecule has 0 bridgehead atoms. The molecule has 0 amide bonds. The quantitative estimate of drug-likeness (QED) is 0.712. The molecule has 2 heterocycles. The fourth-order valence-electron chi connectivity index (χ4n) is 1.07. The van der Waals surface area contributed by atoms with Crippen molar-refractivity contribution in [3.63, 3.8) is 0 Å². The molecule has 0 spiro atoms. The van der Waals surface area contributed by atoms with Crippen LogP contribution in [0.1, 0.15) is 0 Å². The average molecular weight is 194 g/mol. The van der Waals surface area contributed by atoms with E-state index in [0.717, 1.165) is 0 Å². The van der Waals surface area contributed by atoms with Crippen molar-refractivity contribution >= 4 is 11.2 Å². The Morgan fingerprint density at radius 2 is 2.21 bits per heavy atom. The number of nitrogens with one attached hydrogen (secondary N) is 1. The molecule has 0 aliphatic heterocycles. The molecular weight excluding hydrogens is 184 g/mol. The standard InChI is InChI=1S/C8H10N4O2/c1-13-2-3-14-8-6-7(10-4-9-6)11-5-12-8/h4-5H,2-3H2,1H3,(H,9,10,11,12). The summed E-state index contributed by atoms with van der Waals surface area (Å²) in [7, 11) is 1.62. The summed E-state index contributed by atoms with van der Waals surface area (Å²) < 4.78 is 10.2. The number of imidazole rings is 1. The summed E-state index contributed by atoms with van der Waals surface area (Å²) in [5.74, 6) is 0.504. The first-order valence-corrected chi connectivity index (χ1v) is 4.17. The molecule has 74 valence electrons. The predicted octanol–water partition coefficient (Wildman–Crippen LogP) is 0.378. The zero-order valence-electron chi connectivity index (χ0n) is 7.73. The normalized spacial score (nSPS) is 10.6. The van der Waals surface area contributed by atoms with Crippen LogP contribution in [-0.2, 0) is 4.74 Å². The molecule has 1 N–H and O–H groups in total. The molecular formula is C8H10N4O2. The second-order valence-electron chi connectivity index (χ2n) is 2.62. The molecule has 2 rings (SSSR count). The minimum absolute atomic E-state index is 0.460. The van der Waals surface area contributed by atoms with Gasteiger partial charge in [0.1, 0.15) is 18.5 Å². The van der Waals surface area contributed by atoms with Crippen LogP contribution in [0.15, 0.2) is 12.7 Å². The first-order chi connectivity index (χ1) is 6.92. The molecule has 2 aromatic rings. The maximum atomic E-state index is 5.37. The van der Waals surface area contributed by atoms with Crippen molar-refractivity contribution in [1.29, 1.82) is 0 Å². The van der Waals surface area contributed by atoms with Gasteiger partial charge in [0, 0.05) is 7.11 Å². The van der Waals surface area contributed by atoms with Crippen molar-refractivity contribution in [2.45, 2.75) is 0 Å². The monoisotopic (exact) mass is 194 g/mol. The van der Waals surface area contributed by atoms with Crippen LogP contribution < -0.4 is 4.74 Å². The van der Waals surface area contributed by atoms with Crippen molar-refractivity contribution in [1.82, 2.24) is 19.9 Å². The molecule has 0 aliphatic rings. The van der Waals surface area contributed by atoms with Gasteiger partial charge in [0.05, 0.1) is 12.9 Å². The van der Waals surface area contributed by atoms with Gasteiger partial charge in [0.2, 0.25) is 5.88 Å². The third-order valence-corrected chi connectivity index (χ3v) is 1.71. The largest absolute Gasteiger partial charge is 0.474 e. The van der Waals surface area contributed by atoms with Crippen LogP contribution in [0, 0.1) is 0 Å². The highest BCUT2D eigenvalue weighted by atomic mass is 16.5. The molecule has 0 atom stereocenters. The summed E-state index contributed by atoms with van der Waals surface area (Å²) in [5, 5.41) is 0. The maximum Gasteiger partial charge on any atom is 0.243 e. The Balaban J connectivity index is 2.19. The fourth-order valence-corrected chi connectivity index (χ4v) is 1.07. The average Bonchev–Trinajstić information content (AvgIpc) is 2.67. The highest BCUT2D eigenvalue weighted by Crippen LogP contribution is 2.16. The van der Waals surface area contributed by atoms with Gasteiger partial charge in [-0.2, -0.15) is 4.98 Å². The lowest BCUT2D eigenvalue weighted by Gasteiger charge is -2.03. The molecule has 6 nitrogen and oxygen atoms in total. The number of aromatic nitrogens is 4. The molecule has 0 radical (unpaired) electrons. The van der Waals surface area contributed by atoms with Gasteiger partial charge >= 0.3 is 0 Å². The molecule has 0 aromatic carbocycles. The van der Waals surface area contributed by atoms with E-state index in [-0.39, 0.29) is 0 Å². The molecule has 2 aromatic heterocycles. The van der Waals surface area contributed by atoms with Crippen LogP contribution in [-0.4, -0.2) is 40.3 Å². The van der Waals surface area contributed by atoms with Crippen molar-refractivity contribution < 1.29 is 9.47 Å². The van der Waals surface area contributed by atoms with Gasteiger partial charge in [-0.25, -0.2) is 9.97 Å². The van der Waals surface area contributed by atoms with Gasteiger partial charge in [0.15, 0.2) is 5.65 Å². The lowest BCUT2D eigenvalue weighted by atomic mass is 10.5. The second-order valence-corrected chi connectivity index (χ2v) is 2.62. The van der Waals surface area contributed by atoms with E-state index in [9.17, 15) is 0 Å². The second kappa shape index (κ2) is 4.01. The Morgan fingerprint density at radius 3 is 3.07 bits per heavy atom. The number of hydrogen-bond acceptors (Lipinski definition) is 5. The van der Waals surface area contributed by atoms with Crippen molar-refractivity contribution in [2.24, 2.45) is 0 Å². The maximum absolute atomic E-state index is 5.37. The lowest BCUT2D eigenvalue weighted by Crippen LogP contribution is -2.05. The van der Waals surface area contributed by atoms with Crippen LogP contribution in [0.3, 0.4) is 0 Å². The Morgan fingerprint density at radius 1 is 1.29 bits per heavy atom. The highest BCUT2D eigenvalue weighted by molar-refractivity contribution is 5.74. The van der Waals surface area contributed by atoms with Crippen LogP contribution in [0.5, 0.6) is 5.88 Å². The van der Waals surface area contributed by atoms with Gasteiger partial charge in [-0.1, -0.05) is 0 Å². The first kappa shape index (κ1) is 8.89. The van der Waals surface area contributed by atoms with E-state index in [1.54, 1.807) is 13.4 Å². The van der Waals surface area contributed by atoms with E-state index in [1.165, 1.54) is 6.33 Å². The fraction of sp³-hybridized carbons (Fsp3) is 0.375. The minimum atomic E-state index is 0.460. The molecule has 0 saturated carbocycles. The van der Waals surface area contributed by atoms with Crippen molar-refractivity contribution in [3.8, 4) is 5.88 Å². The number of aromatic amines is 1. The number of nitrogens with zero attached hydrogens (tertiary/aromatic N) is 3. The highest BCUT2D eigenvalue weighted by Gasteiger charge is 2.05. The Bertz CT molecular complexity index is 414. The van der Waals surface area contributed by atoms with Gasteiger partial charge in [-0.05, 0) is 0 Å². The number of hydrogen-bond donors (Lipinski definition) is 1. The van der Waals surface area contributed by atoms with Gasteiger partial charge < -0.3 is 14.5 Å². The predicted molar refractivity (Wildman–Crippen MR) is 49.1 cm³/mol. The molecule has 6 heteroatoms. The van der Waals surface area contributed by atoms with E-state index >= 15 is 0 Å². The Hall–Kier alpha value is -1.69. The smallest absolute Gasteiger partial charge is 0.243 e. The topological polar surface area (TPSA) is 72.9 Å². The summed E-state index contributed by atoms with van der Waals surface area (Å²) >= 11 is 0. The van der Waals surface area contributed by atoms with Crippen LogP contribution in [0.2, 0.25) is 0 Å². The summed E-state index contributed by atoms with van der Waals surface area (Å²) in [5.41, 5.74) is 1.32. The van der Waals surface area contributed by atoms with Crippen LogP contribution in [0.25, 0.3) is 11.2 Å². The third-order valence-electron chi connectivity index (χ3n) is 1.71. The lowest BCUT2D eigenvalue weighted by molar-refractivity contribution is 0.144. The molecule has 0 unspecified atom stereocenters. The zero-order chi connectivity index (χ0) is 9.80. The van der Waals surface area contributed by atoms with E-state index in [2.05, 4.69) is 19.9 Å². The number of rotatable bonds is 4. The van der Waals surface area contributed by atoms with Gasteiger partial charge in [-0.15, -0.1) is 0 Å². The number of ether oxygens (including phenoxy) is 2. The molecule has 0 fully saturated rings. The first-order valence-electron chi connectivity index (χ1n) is 4.17. The van der Waals surface area contributed by atoms with Crippen LogP contribution >= 0.6 is 0 Å². The summed E-state index contributed by atoms with van der Waals surface area (Å²) in [6.45, 7) is 0.987. The third kappa shape index (κ3) is 1.64. The summed E-state index contributed by atoms with van der Waals surface area (Å²) in [6.07, 6.45) is 2.98. The van der Waals surface area contributed by atoms with Crippen molar-refractivity contribution in [3.05, 3.63) is 12.7 Å². The summed E-state index contributed by atoms with van der Waals surface area (Å²) in [6, 6.07) is 0. The van der Waals surface area contributed by atoms with E-state index in [4.69, 9.17) is 9.47 Å². The van der Waals surface area contributed by atoms with Crippen molar-refractivity contribution in [2.75, 3.05) is 20.3 Å². The minimum Gasteiger partial charge on any atom is -0.474 e. The van der Waals surface area contributed by atoms with Gasteiger partial charge in [-0.3, -0.25) is 0 Å². The van der Waals surface area contributed by atoms with E-state index < -0.39 is 0 Å². The van der Waals surface area contributed by atoms with Gasteiger partial charge in [0.25, 0.3) is 0 Å². The Labute approximate surface area is 80.3 Å². The number of methoxy groups -OCH3 is 1.